The van der Waals surface area contributed by atoms with Gasteiger partial charge in [-0.2, -0.15) is 4.98 Å². The van der Waals surface area contributed by atoms with Crippen molar-refractivity contribution in [2.24, 2.45) is 0 Å². The van der Waals surface area contributed by atoms with Crippen LogP contribution in [0.2, 0.25) is 0 Å². The maximum atomic E-state index is 5.68. The molecule has 0 amide bonds. The van der Waals surface area contributed by atoms with Gasteiger partial charge >= 0.3 is 0 Å². The highest BCUT2D eigenvalue weighted by molar-refractivity contribution is 5.65. The number of aromatic nitrogens is 2. The number of rotatable bonds is 3. The Balaban J connectivity index is 2.22. The molecule has 2 aromatic rings. The highest BCUT2D eigenvalue weighted by Crippen LogP contribution is 2.25. The van der Waals surface area contributed by atoms with Gasteiger partial charge in [0.2, 0.25) is 11.8 Å². The zero-order valence-corrected chi connectivity index (χ0v) is 9.34. The van der Waals surface area contributed by atoms with E-state index in [1.54, 1.807) is 37.5 Å². The van der Waals surface area contributed by atoms with Gasteiger partial charge in [0, 0.05) is 25.4 Å². The first kappa shape index (κ1) is 11.0. The molecule has 1 aromatic heterocycles. The molecule has 6 heteroatoms. The van der Waals surface area contributed by atoms with Crippen LogP contribution in [-0.2, 0) is 0 Å². The van der Waals surface area contributed by atoms with Crippen molar-refractivity contribution in [3.05, 3.63) is 30.5 Å². The molecule has 0 radical (unpaired) electrons. The molecule has 88 valence electrons. The summed E-state index contributed by atoms with van der Waals surface area (Å²) in [5.41, 5.74) is 12.3. The molecule has 1 aromatic carbocycles. The molecule has 2 rings (SSSR count). The zero-order chi connectivity index (χ0) is 12.3. The van der Waals surface area contributed by atoms with Gasteiger partial charge in [-0.3, -0.25) is 0 Å². The maximum Gasteiger partial charge on any atom is 0.225 e. The van der Waals surface area contributed by atoms with Gasteiger partial charge in [0.1, 0.15) is 5.75 Å². The van der Waals surface area contributed by atoms with Crippen molar-refractivity contribution >= 4 is 17.3 Å². The van der Waals surface area contributed by atoms with Crippen LogP contribution in [0, 0.1) is 0 Å². The van der Waals surface area contributed by atoms with Crippen molar-refractivity contribution < 1.29 is 4.74 Å². The third-order valence-corrected chi connectivity index (χ3v) is 2.13. The van der Waals surface area contributed by atoms with Crippen LogP contribution >= 0.6 is 0 Å². The van der Waals surface area contributed by atoms with E-state index in [-0.39, 0.29) is 0 Å². The highest BCUT2D eigenvalue weighted by atomic mass is 16.5. The van der Waals surface area contributed by atoms with Gasteiger partial charge in [-0.05, 0) is 12.1 Å². The van der Waals surface area contributed by atoms with E-state index >= 15 is 0 Å². The molecule has 0 aliphatic heterocycles. The normalized spacial score (nSPS) is 9.94. The van der Waals surface area contributed by atoms with Crippen LogP contribution in [0.3, 0.4) is 0 Å². The third-order valence-electron chi connectivity index (χ3n) is 2.13. The fourth-order valence-electron chi connectivity index (χ4n) is 1.26. The molecule has 0 aliphatic rings. The Morgan fingerprint density at radius 3 is 2.71 bits per heavy atom. The number of benzene rings is 1. The van der Waals surface area contributed by atoms with Crippen LogP contribution in [0.15, 0.2) is 30.5 Å². The molecule has 0 saturated heterocycles. The molecule has 0 bridgehead atoms. The molecule has 0 atom stereocenters. The Kier molecular flexibility index (Phi) is 2.95. The Labute approximate surface area is 98.6 Å². The first-order valence-electron chi connectivity index (χ1n) is 5.02. The summed E-state index contributed by atoms with van der Waals surface area (Å²) in [5, 5.41) is 2.83. The SMILES string of the molecule is CNc1nccc(Oc2ccc(N)c(N)c2)n1. The molecule has 1 heterocycles. The Bertz CT molecular complexity index is 529. The lowest BCUT2D eigenvalue weighted by atomic mass is 10.2. The first-order valence-corrected chi connectivity index (χ1v) is 5.02. The van der Waals surface area contributed by atoms with E-state index < -0.39 is 0 Å². The minimum atomic E-state index is 0.438. The van der Waals surface area contributed by atoms with Gasteiger partial charge in [-0.25, -0.2) is 4.98 Å². The van der Waals surface area contributed by atoms with Crippen molar-refractivity contribution in [2.45, 2.75) is 0 Å². The average molecular weight is 231 g/mol. The van der Waals surface area contributed by atoms with E-state index in [2.05, 4.69) is 15.3 Å². The van der Waals surface area contributed by atoms with Crippen LogP contribution in [-0.4, -0.2) is 17.0 Å². The predicted molar refractivity (Wildman–Crippen MR) is 66.9 cm³/mol. The Hall–Kier alpha value is -2.50. The number of nitrogens with one attached hydrogen (secondary N) is 1. The highest BCUT2D eigenvalue weighted by Gasteiger charge is 2.02. The first-order chi connectivity index (χ1) is 8.19. The van der Waals surface area contributed by atoms with Crippen LogP contribution in [0.1, 0.15) is 0 Å². The summed E-state index contributed by atoms with van der Waals surface area (Å²) < 4.78 is 5.53. The number of nitrogens with two attached hydrogens (primary N) is 2. The molecular formula is C11H13N5O. The van der Waals surface area contributed by atoms with Crippen molar-refractivity contribution in [3.8, 4) is 11.6 Å². The summed E-state index contributed by atoms with van der Waals surface area (Å²) in [7, 11) is 1.74. The monoisotopic (exact) mass is 231 g/mol. The van der Waals surface area contributed by atoms with E-state index in [0.29, 0.717) is 29.0 Å². The van der Waals surface area contributed by atoms with E-state index in [1.807, 2.05) is 0 Å². The summed E-state index contributed by atoms with van der Waals surface area (Å²) in [6.45, 7) is 0. The lowest BCUT2D eigenvalue weighted by Gasteiger charge is -2.07. The van der Waals surface area contributed by atoms with Crippen molar-refractivity contribution in [2.75, 3.05) is 23.8 Å². The molecule has 0 fully saturated rings. The van der Waals surface area contributed by atoms with Crippen LogP contribution < -0.4 is 21.5 Å². The smallest absolute Gasteiger partial charge is 0.225 e. The van der Waals surface area contributed by atoms with Crippen molar-refractivity contribution in [3.63, 3.8) is 0 Å². The van der Waals surface area contributed by atoms with Gasteiger partial charge in [0.15, 0.2) is 0 Å². The minimum absolute atomic E-state index is 0.438. The summed E-state index contributed by atoms with van der Waals surface area (Å²) in [6, 6.07) is 6.72. The number of ether oxygens (including phenoxy) is 1. The van der Waals surface area contributed by atoms with Gasteiger partial charge in [0.25, 0.3) is 0 Å². The summed E-state index contributed by atoms with van der Waals surface area (Å²) >= 11 is 0. The zero-order valence-electron chi connectivity index (χ0n) is 9.34. The van der Waals surface area contributed by atoms with Crippen LogP contribution in [0.4, 0.5) is 17.3 Å². The molecule has 17 heavy (non-hydrogen) atoms. The number of anilines is 3. The molecule has 0 spiro atoms. The topological polar surface area (TPSA) is 99.1 Å². The lowest BCUT2D eigenvalue weighted by molar-refractivity contribution is 0.463. The van der Waals surface area contributed by atoms with E-state index in [4.69, 9.17) is 16.2 Å². The summed E-state index contributed by atoms with van der Waals surface area (Å²) in [5.74, 6) is 1.51. The second-order valence-corrected chi connectivity index (χ2v) is 3.36. The molecule has 6 nitrogen and oxygen atoms in total. The van der Waals surface area contributed by atoms with E-state index in [0.717, 1.165) is 0 Å². The second-order valence-electron chi connectivity index (χ2n) is 3.36. The number of hydrogen-bond acceptors (Lipinski definition) is 6. The number of nitrogen functional groups attached to an aromatic ring is 2. The molecule has 0 unspecified atom stereocenters. The van der Waals surface area contributed by atoms with Gasteiger partial charge in [-0.15, -0.1) is 0 Å². The number of nitrogens with zero attached hydrogens (tertiary/aromatic N) is 2. The average Bonchev–Trinajstić information content (AvgIpc) is 2.34. The molecular weight excluding hydrogens is 218 g/mol. The molecule has 0 aliphatic carbocycles. The van der Waals surface area contributed by atoms with E-state index in [1.165, 1.54) is 0 Å². The Morgan fingerprint density at radius 1 is 1.18 bits per heavy atom. The fraction of sp³-hybridized carbons (Fsp3) is 0.0909. The van der Waals surface area contributed by atoms with Crippen LogP contribution in [0.5, 0.6) is 11.6 Å². The van der Waals surface area contributed by atoms with Crippen molar-refractivity contribution in [1.82, 2.24) is 9.97 Å². The quantitative estimate of drug-likeness (QED) is 0.692. The van der Waals surface area contributed by atoms with Gasteiger partial charge in [0.05, 0.1) is 11.4 Å². The number of hydrogen-bond donors (Lipinski definition) is 3. The van der Waals surface area contributed by atoms with E-state index in [9.17, 15) is 0 Å². The van der Waals surface area contributed by atoms with Crippen LogP contribution in [0.25, 0.3) is 0 Å². The standard InChI is InChI=1S/C11H13N5O/c1-14-11-15-5-4-10(16-11)17-7-2-3-8(12)9(13)6-7/h2-6H,12-13H2,1H3,(H,14,15,16). The second kappa shape index (κ2) is 4.56. The van der Waals surface area contributed by atoms with Crippen molar-refractivity contribution in [1.29, 1.82) is 0 Å². The minimum Gasteiger partial charge on any atom is -0.439 e. The Morgan fingerprint density at radius 2 is 2.00 bits per heavy atom. The maximum absolute atomic E-state index is 5.68. The lowest BCUT2D eigenvalue weighted by Crippen LogP contribution is -1.98. The molecule has 5 N–H and O–H groups in total. The third kappa shape index (κ3) is 2.54. The largest absolute Gasteiger partial charge is 0.439 e. The predicted octanol–water partition coefficient (Wildman–Crippen LogP) is 1.48. The van der Waals surface area contributed by atoms with Gasteiger partial charge in [-0.1, -0.05) is 0 Å². The summed E-state index contributed by atoms with van der Waals surface area (Å²) in [4.78, 5) is 8.11. The van der Waals surface area contributed by atoms with Gasteiger partial charge < -0.3 is 21.5 Å². The fourth-order valence-corrected chi connectivity index (χ4v) is 1.26. The molecule has 0 saturated carbocycles. The summed E-state index contributed by atoms with van der Waals surface area (Å²) in [6.07, 6.45) is 1.61.